The maximum atomic E-state index is 8.82. The van der Waals surface area contributed by atoms with Crippen molar-refractivity contribution >= 4 is 11.5 Å². The summed E-state index contributed by atoms with van der Waals surface area (Å²) in [6.45, 7) is 5.80. The first-order valence-corrected chi connectivity index (χ1v) is 5.24. The van der Waals surface area contributed by atoms with Gasteiger partial charge in [0.25, 0.3) is 0 Å². The van der Waals surface area contributed by atoms with Crippen molar-refractivity contribution in [3.63, 3.8) is 0 Å². The normalized spacial score (nSPS) is 12.4. The fraction of sp³-hybridized carbons (Fsp3) is 0.333. The third-order valence-electron chi connectivity index (χ3n) is 2.56. The molecule has 2 rings (SSSR count). The lowest BCUT2D eigenvalue weighted by Gasteiger charge is -2.10. The number of rotatable bonds is 2. The average Bonchev–Trinajstić information content (AvgIpc) is 2.56. The van der Waals surface area contributed by atoms with Crippen molar-refractivity contribution in [3.05, 3.63) is 29.6 Å². The second-order valence-corrected chi connectivity index (χ2v) is 3.90. The van der Waals surface area contributed by atoms with Gasteiger partial charge in [0.05, 0.1) is 11.8 Å². The predicted octanol–water partition coefficient (Wildman–Crippen LogP) is 2.28. The molecule has 1 unspecified atom stereocenters. The van der Waals surface area contributed by atoms with Crippen molar-refractivity contribution in [1.29, 1.82) is 5.26 Å². The van der Waals surface area contributed by atoms with E-state index in [9.17, 15) is 0 Å². The van der Waals surface area contributed by atoms with E-state index in [1.165, 1.54) is 0 Å². The molecule has 1 N–H and O–H groups in total. The number of anilines is 1. The van der Waals surface area contributed by atoms with Crippen LogP contribution in [0.2, 0.25) is 0 Å². The molecule has 82 valence electrons. The molecule has 16 heavy (non-hydrogen) atoms. The van der Waals surface area contributed by atoms with E-state index in [2.05, 4.69) is 16.4 Å². The minimum Gasteiger partial charge on any atom is -0.354 e. The van der Waals surface area contributed by atoms with Crippen LogP contribution >= 0.6 is 0 Å². The van der Waals surface area contributed by atoms with Gasteiger partial charge in [-0.05, 0) is 32.9 Å². The first-order valence-electron chi connectivity index (χ1n) is 5.24. The number of hydrogen-bond acceptors (Lipinski definition) is 3. The number of aromatic nitrogens is 2. The van der Waals surface area contributed by atoms with E-state index in [1.54, 1.807) is 0 Å². The zero-order chi connectivity index (χ0) is 11.7. The highest BCUT2D eigenvalue weighted by Gasteiger charge is 2.11. The van der Waals surface area contributed by atoms with Gasteiger partial charge in [0, 0.05) is 5.69 Å². The summed E-state index contributed by atoms with van der Waals surface area (Å²) in [6, 6.07) is 7.90. The summed E-state index contributed by atoms with van der Waals surface area (Å²) in [4.78, 5) is 4.45. The minimum atomic E-state index is -0.224. The summed E-state index contributed by atoms with van der Waals surface area (Å²) in [5.74, 6) is 0.905. The topological polar surface area (TPSA) is 53.1 Å². The lowest BCUT2D eigenvalue weighted by molar-refractivity contribution is 0.967. The number of nitriles is 1. The van der Waals surface area contributed by atoms with Crippen LogP contribution < -0.4 is 5.32 Å². The Morgan fingerprint density at radius 1 is 1.44 bits per heavy atom. The van der Waals surface area contributed by atoms with Crippen molar-refractivity contribution in [2.45, 2.75) is 26.8 Å². The fourth-order valence-electron chi connectivity index (χ4n) is 1.77. The first-order chi connectivity index (χ1) is 7.63. The summed E-state index contributed by atoms with van der Waals surface area (Å²) in [5.41, 5.74) is 2.92. The zero-order valence-electron chi connectivity index (χ0n) is 9.65. The number of hydrogen-bond donors (Lipinski definition) is 1. The molecule has 2 heterocycles. The molecule has 0 radical (unpaired) electrons. The fourth-order valence-corrected chi connectivity index (χ4v) is 1.77. The van der Waals surface area contributed by atoms with Gasteiger partial charge in [-0.1, -0.05) is 6.07 Å². The van der Waals surface area contributed by atoms with E-state index < -0.39 is 0 Å². The Kier molecular flexibility index (Phi) is 2.53. The number of nitrogens with one attached hydrogen (secondary N) is 1. The predicted molar refractivity (Wildman–Crippen MR) is 63.4 cm³/mol. The van der Waals surface area contributed by atoms with Crippen LogP contribution in [0.25, 0.3) is 5.65 Å². The van der Waals surface area contributed by atoms with Crippen LogP contribution in [0.15, 0.2) is 18.2 Å². The summed E-state index contributed by atoms with van der Waals surface area (Å²) < 4.78 is 2.03. The van der Waals surface area contributed by atoms with Crippen LogP contribution in [0, 0.1) is 25.2 Å². The quantitative estimate of drug-likeness (QED) is 0.834. The molecular weight excluding hydrogens is 200 g/mol. The summed E-state index contributed by atoms with van der Waals surface area (Å²) in [6.07, 6.45) is 0. The van der Waals surface area contributed by atoms with Gasteiger partial charge in [0.15, 0.2) is 0 Å². The van der Waals surface area contributed by atoms with E-state index in [-0.39, 0.29) is 6.04 Å². The van der Waals surface area contributed by atoms with E-state index in [0.717, 1.165) is 22.9 Å². The van der Waals surface area contributed by atoms with Crippen molar-refractivity contribution in [2.24, 2.45) is 0 Å². The van der Waals surface area contributed by atoms with Crippen molar-refractivity contribution in [3.8, 4) is 6.07 Å². The monoisotopic (exact) mass is 214 g/mol. The van der Waals surface area contributed by atoms with Gasteiger partial charge in [-0.2, -0.15) is 5.26 Å². The number of fused-ring (bicyclic) bond motifs is 1. The number of aryl methyl sites for hydroxylation is 2. The van der Waals surface area contributed by atoms with Crippen LogP contribution in [-0.2, 0) is 0 Å². The Bertz CT molecular complexity index is 562. The minimum absolute atomic E-state index is 0.224. The van der Waals surface area contributed by atoms with Crippen molar-refractivity contribution < 1.29 is 0 Å². The summed E-state index contributed by atoms with van der Waals surface area (Å²) in [7, 11) is 0. The SMILES string of the molecule is Cc1nc2cccc(C)n2c1NC(C)C#N. The van der Waals surface area contributed by atoms with Gasteiger partial charge in [0.2, 0.25) is 0 Å². The first kappa shape index (κ1) is 10.5. The number of pyridine rings is 1. The standard InChI is InChI=1S/C12H14N4/c1-8(7-13)14-12-10(3)15-11-6-4-5-9(2)16(11)12/h4-6,8,14H,1-3H3. The molecular formula is C12H14N4. The zero-order valence-corrected chi connectivity index (χ0v) is 9.65. The lowest BCUT2D eigenvalue weighted by atomic mass is 10.3. The largest absolute Gasteiger partial charge is 0.354 e. The van der Waals surface area contributed by atoms with Crippen LogP contribution in [-0.4, -0.2) is 15.4 Å². The third-order valence-corrected chi connectivity index (χ3v) is 2.56. The molecule has 0 aliphatic rings. The van der Waals surface area contributed by atoms with E-state index in [1.807, 2.05) is 43.4 Å². The Hall–Kier alpha value is -2.02. The second kappa shape index (κ2) is 3.86. The highest BCUT2D eigenvalue weighted by molar-refractivity contribution is 5.56. The van der Waals surface area contributed by atoms with Crippen LogP contribution in [0.5, 0.6) is 0 Å². The molecule has 0 amide bonds. The molecule has 0 aliphatic heterocycles. The van der Waals surface area contributed by atoms with E-state index in [0.29, 0.717) is 0 Å². The Morgan fingerprint density at radius 2 is 2.19 bits per heavy atom. The Morgan fingerprint density at radius 3 is 2.88 bits per heavy atom. The molecule has 4 heteroatoms. The van der Waals surface area contributed by atoms with Gasteiger partial charge < -0.3 is 5.32 Å². The molecule has 0 fully saturated rings. The van der Waals surface area contributed by atoms with Crippen molar-refractivity contribution in [2.75, 3.05) is 5.32 Å². The van der Waals surface area contributed by atoms with E-state index in [4.69, 9.17) is 5.26 Å². The van der Waals surface area contributed by atoms with Gasteiger partial charge in [0.1, 0.15) is 17.5 Å². The van der Waals surface area contributed by atoms with Crippen LogP contribution in [0.1, 0.15) is 18.3 Å². The molecule has 4 nitrogen and oxygen atoms in total. The molecule has 0 aromatic carbocycles. The highest BCUT2D eigenvalue weighted by atomic mass is 15.1. The molecule has 0 aliphatic carbocycles. The van der Waals surface area contributed by atoms with Gasteiger partial charge in [-0.25, -0.2) is 4.98 Å². The molecule has 0 saturated carbocycles. The molecule has 2 aromatic rings. The second-order valence-electron chi connectivity index (χ2n) is 3.90. The Balaban J connectivity index is 2.60. The molecule has 2 aromatic heterocycles. The number of imidazole rings is 1. The maximum Gasteiger partial charge on any atom is 0.138 e. The molecule has 0 saturated heterocycles. The molecule has 0 bridgehead atoms. The smallest absolute Gasteiger partial charge is 0.138 e. The average molecular weight is 214 g/mol. The van der Waals surface area contributed by atoms with Gasteiger partial charge >= 0.3 is 0 Å². The lowest BCUT2D eigenvalue weighted by Crippen LogP contribution is -2.14. The Labute approximate surface area is 94.5 Å². The summed E-state index contributed by atoms with van der Waals surface area (Å²) in [5, 5.41) is 12.0. The van der Waals surface area contributed by atoms with Gasteiger partial charge in [-0.3, -0.25) is 4.40 Å². The van der Waals surface area contributed by atoms with Crippen molar-refractivity contribution in [1.82, 2.24) is 9.38 Å². The highest BCUT2D eigenvalue weighted by Crippen LogP contribution is 2.20. The third kappa shape index (κ3) is 1.61. The molecule has 0 spiro atoms. The van der Waals surface area contributed by atoms with Crippen LogP contribution in [0.4, 0.5) is 5.82 Å². The van der Waals surface area contributed by atoms with Crippen LogP contribution in [0.3, 0.4) is 0 Å². The molecule has 1 atom stereocenters. The van der Waals surface area contributed by atoms with Gasteiger partial charge in [-0.15, -0.1) is 0 Å². The number of nitrogens with zero attached hydrogens (tertiary/aromatic N) is 3. The summed E-state index contributed by atoms with van der Waals surface area (Å²) >= 11 is 0. The maximum absolute atomic E-state index is 8.82. The van der Waals surface area contributed by atoms with E-state index >= 15 is 0 Å².